The lowest BCUT2D eigenvalue weighted by Crippen LogP contribution is -2.02. The number of benzene rings is 1. The van der Waals surface area contributed by atoms with Gasteiger partial charge in [0.15, 0.2) is 0 Å². The van der Waals surface area contributed by atoms with E-state index in [2.05, 4.69) is 31.2 Å². The fourth-order valence-electron chi connectivity index (χ4n) is 0.921. The van der Waals surface area contributed by atoms with Crippen LogP contribution in [0.5, 0.6) is 0 Å². The number of aliphatic hydroxyl groups excluding tert-OH is 1. The van der Waals surface area contributed by atoms with Gasteiger partial charge in [-0.2, -0.15) is 0 Å². The molecule has 1 rings (SSSR count). The largest absolute Gasteiger partial charge is 0.400 e. The van der Waals surface area contributed by atoms with Gasteiger partial charge in [0, 0.05) is 7.11 Å². The molecule has 0 saturated carbocycles. The normalized spacial score (nSPS) is 8.67. The molecule has 3 N–H and O–H groups in total. The van der Waals surface area contributed by atoms with Gasteiger partial charge < -0.3 is 10.8 Å². The van der Waals surface area contributed by atoms with E-state index in [0.717, 1.165) is 20.1 Å². The second-order valence-corrected chi connectivity index (χ2v) is 2.52. The van der Waals surface area contributed by atoms with E-state index in [0.29, 0.717) is 0 Å². The van der Waals surface area contributed by atoms with E-state index in [1.54, 1.807) is 0 Å². The number of nitrogens with two attached hydrogens (primary N) is 1. The van der Waals surface area contributed by atoms with Gasteiger partial charge in [-0.25, -0.2) is 0 Å². The summed E-state index contributed by atoms with van der Waals surface area (Å²) in [5.41, 5.74) is 8.03. The lowest BCUT2D eigenvalue weighted by Gasteiger charge is -1.97. The summed E-state index contributed by atoms with van der Waals surface area (Å²) in [5, 5.41) is 7.00. The minimum atomic E-state index is 0.739. The van der Waals surface area contributed by atoms with Crippen LogP contribution in [0.2, 0.25) is 0 Å². The van der Waals surface area contributed by atoms with Crippen molar-refractivity contribution in [2.24, 2.45) is 5.73 Å². The molecule has 0 aliphatic heterocycles. The third kappa shape index (κ3) is 4.11. The summed E-state index contributed by atoms with van der Waals surface area (Å²) in [5.74, 6) is 0. The highest BCUT2D eigenvalue weighted by molar-refractivity contribution is 5.21. The van der Waals surface area contributed by atoms with Crippen LogP contribution in [-0.4, -0.2) is 18.8 Å². The summed E-state index contributed by atoms with van der Waals surface area (Å²) in [7, 11) is 1.00. The Morgan fingerprint density at radius 2 is 1.67 bits per heavy atom. The maximum atomic E-state index is 7.00. The second kappa shape index (κ2) is 6.83. The monoisotopic (exact) mass is 167 g/mol. The first-order valence-electron chi connectivity index (χ1n) is 4.03. The Kier molecular flexibility index (Phi) is 6.34. The first-order valence-corrected chi connectivity index (χ1v) is 4.03. The van der Waals surface area contributed by atoms with Crippen LogP contribution >= 0.6 is 0 Å². The van der Waals surface area contributed by atoms with Crippen molar-refractivity contribution in [1.29, 1.82) is 0 Å². The molecule has 0 saturated heterocycles. The van der Waals surface area contributed by atoms with Crippen LogP contribution in [0.25, 0.3) is 0 Å². The molecule has 12 heavy (non-hydrogen) atoms. The van der Waals surface area contributed by atoms with Gasteiger partial charge >= 0.3 is 0 Å². The van der Waals surface area contributed by atoms with Crippen LogP contribution < -0.4 is 5.73 Å². The van der Waals surface area contributed by atoms with Crippen molar-refractivity contribution < 1.29 is 5.11 Å². The Balaban J connectivity index is 0.000000561. The molecular weight excluding hydrogens is 150 g/mol. The molecule has 68 valence electrons. The summed E-state index contributed by atoms with van der Waals surface area (Å²) >= 11 is 0. The molecule has 0 amide bonds. The van der Waals surface area contributed by atoms with Gasteiger partial charge in [0.1, 0.15) is 0 Å². The third-order valence-electron chi connectivity index (χ3n) is 1.55. The number of rotatable bonds is 2. The van der Waals surface area contributed by atoms with Crippen molar-refractivity contribution in [3.8, 4) is 0 Å². The van der Waals surface area contributed by atoms with E-state index in [4.69, 9.17) is 10.8 Å². The minimum Gasteiger partial charge on any atom is -0.400 e. The Bertz CT molecular complexity index is 193. The predicted octanol–water partition coefficient (Wildman–Crippen LogP) is 1.10. The lowest BCUT2D eigenvalue weighted by molar-refractivity contribution is 0.399. The van der Waals surface area contributed by atoms with E-state index in [1.165, 1.54) is 11.1 Å². The topological polar surface area (TPSA) is 46.2 Å². The smallest absolute Gasteiger partial charge is 0.0319 e. The van der Waals surface area contributed by atoms with Crippen LogP contribution in [0.3, 0.4) is 0 Å². The van der Waals surface area contributed by atoms with E-state index in [9.17, 15) is 0 Å². The second-order valence-electron chi connectivity index (χ2n) is 2.52. The van der Waals surface area contributed by atoms with Gasteiger partial charge in [-0.05, 0) is 25.5 Å². The molecule has 0 heterocycles. The minimum absolute atomic E-state index is 0.739. The summed E-state index contributed by atoms with van der Waals surface area (Å²) in [6, 6.07) is 8.49. The molecule has 0 aromatic heterocycles. The van der Waals surface area contributed by atoms with Crippen LogP contribution in [0.15, 0.2) is 24.3 Å². The summed E-state index contributed by atoms with van der Waals surface area (Å²) in [6.45, 7) is 2.83. The maximum Gasteiger partial charge on any atom is 0.0319 e. The Morgan fingerprint density at radius 1 is 1.17 bits per heavy atom. The summed E-state index contributed by atoms with van der Waals surface area (Å²) in [6.07, 6.45) is 0.986. The highest BCUT2D eigenvalue weighted by atomic mass is 16.2. The SMILES string of the molecule is CO.Cc1ccc(CCN)cc1. The fraction of sp³-hybridized carbons (Fsp3) is 0.400. The Morgan fingerprint density at radius 3 is 2.08 bits per heavy atom. The van der Waals surface area contributed by atoms with Crippen molar-refractivity contribution in [1.82, 2.24) is 0 Å². The molecule has 0 aliphatic rings. The molecular formula is C10H17NO. The first-order chi connectivity index (χ1) is 5.83. The van der Waals surface area contributed by atoms with E-state index in [1.807, 2.05) is 0 Å². The Hall–Kier alpha value is -0.860. The summed E-state index contributed by atoms with van der Waals surface area (Å²) in [4.78, 5) is 0. The molecule has 0 aliphatic carbocycles. The molecule has 2 nitrogen and oxygen atoms in total. The quantitative estimate of drug-likeness (QED) is 0.693. The molecule has 0 atom stereocenters. The van der Waals surface area contributed by atoms with Crippen molar-refractivity contribution >= 4 is 0 Å². The number of hydrogen-bond donors (Lipinski definition) is 2. The highest BCUT2D eigenvalue weighted by Gasteiger charge is 1.88. The average Bonchev–Trinajstić information content (AvgIpc) is 2.13. The van der Waals surface area contributed by atoms with Gasteiger partial charge in [-0.3, -0.25) is 0 Å². The van der Waals surface area contributed by atoms with Gasteiger partial charge in [0.2, 0.25) is 0 Å². The van der Waals surface area contributed by atoms with Crippen LogP contribution in [0.1, 0.15) is 11.1 Å². The van der Waals surface area contributed by atoms with Crippen molar-refractivity contribution in [2.75, 3.05) is 13.7 Å². The number of aliphatic hydroxyl groups is 1. The number of hydrogen-bond acceptors (Lipinski definition) is 2. The van der Waals surface area contributed by atoms with Gasteiger partial charge in [-0.15, -0.1) is 0 Å². The molecule has 1 aromatic carbocycles. The average molecular weight is 167 g/mol. The van der Waals surface area contributed by atoms with Crippen LogP contribution in [-0.2, 0) is 6.42 Å². The first kappa shape index (κ1) is 11.1. The highest BCUT2D eigenvalue weighted by Crippen LogP contribution is 2.02. The molecule has 0 spiro atoms. The van der Waals surface area contributed by atoms with Gasteiger partial charge in [-0.1, -0.05) is 29.8 Å². The van der Waals surface area contributed by atoms with E-state index < -0.39 is 0 Å². The van der Waals surface area contributed by atoms with Crippen LogP contribution in [0, 0.1) is 6.92 Å². The third-order valence-corrected chi connectivity index (χ3v) is 1.55. The zero-order chi connectivity index (χ0) is 9.40. The maximum absolute atomic E-state index is 7.00. The van der Waals surface area contributed by atoms with Crippen LogP contribution in [0.4, 0.5) is 0 Å². The molecule has 0 radical (unpaired) electrons. The molecule has 0 bridgehead atoms. The zero-order valence-electron chi connectivity index (χ0n) is 7.75. The zero-order valence-corrected chi connectivity index (χ0v) is 7.75. The van der Waals surface area contributed by atoms with Crippen molar-refractivity contribution in [3.05, 3.63) is 35.4 Å². The van der Waals surface area contributed by atoms with Gasteiger partial charge in [0.25, 0.3) is 0 Å². The predicted molar refractivity (Wildman–Crippen MR) is 52.1 cm³/mol. The van der Waals surface area contributed by atoms with E-state index >= 15 is 0 Å². The molecule has 0 fully saturated rings. The van der Waals surface area contributed by atoms with Crippen molar-refractivity contribution in [2.45, 2.75) is 13.3 Å². The Labute approximate surface area is 74.0 Å². The van der Waals surface area contributed by atoms with Crippen molar-refractivity contribution in [3.63, 3.8) is 0 Å². The van der Waals surface area contributed by atoms with Gasteiger partial charge in [0.05, 0.1) is 0 Å². The number of aryl methyl sites for hydroxylation is 1. The lowest BCUT2D eigenvalue weighted by atomic mass is 10.1. The standard InChI is InChI=1S/C9H13N.CH4O/c1-8-2-4-9(5-3-8)6-7-10;1-2/h2-5H,6-7,10H2,1H3;2H,1H3. The molecule has 0 unspecified atom stereocenters. The summed E-state index contributed by atoms with van der Waals surface area (Å²) < 4.78 is 0. The van der Waals surface area contributed by atoms with E-state index in [-0.39, 0.29) is 0 Å². The fourth-order valence-corrected chi connectivity index (χ4v) is 0.921. The molecule has 2 heteroatoms. The molecule has 1 aromatic rings.